The van der Waals surface area contributed by atoms with Gasteiger partial charge >= 0.3 is 0 Å². The Kier molecular flexibility index (Phi) is 3.31. The van der Waals surface area contributed by atoms with Gasteiger partial charge in [-0.1, -0.05) is 30.3 Å². The van der Waals surface area contributed by atoms with E-state index in [1.54, 1.807) is 12.4 Å². The quantitative estimate of drug-likeness (QED) is 0.763. The van der Waals surface area contributed by atoms with Crippen LogP contribution in [-0.4, -0.2) is 15.1 Å². The Morgan fingerprint density at radius 3 is 2.60 bits per heavy atom. The lowest BCUT2D eigenvalue weighted by molar-refractivity contribution is 0.180. The molecule has 4 nitrogen and oxygen atoms in total. The normalized spacial score (nSPS) is 12.4. The van der Waals surface area contributed by atoms with E-state index in [1.165, 1.54) is 0 Å². The zero-order valence-corrected chi connectivity index (χ0v) is 10.9. The molecule has 1 unspecified atom stereocenters. The van der Waals surface area contributed by atoms with E-state index < -0.39 is 6.10 Å². The Morgan fingerprint density at radius 2 is 1.75 bits per heavy atom. The molecule has 0 bridgehead atoms. The third kappa shape index (κ3) is 2.33. The minimum absolute atomic E-state index is 0.426. The Bertz CT molecular complexity index is 737. The van der Waals surface area contributed by atoms with Crippen molar-refractivity contribution in [3.05, 3.63) is 66.0 Å². The molecule has 100 valence electrons. The predicted molar refractivity (Wildman–Crippen MR) is 79.1 cm³/mol. The molecule has 1 aromatic carbocycles. The standard InChI is InChI=1S/C16H15N3O/c17-16-12(6-3-9-19-16)10-14(20)13-7-1-4-11-5-2-8-18-15(11)13/h1-9,14,20H,10H2,(H2,17,19). The molecule has 0 saturated carbocycles. The second-order valence-electron chi connectivity index (χ2n) is 4.69. The number of hydrogen-bond donors (Lipinski definition) is 2. The summed E-state index contributed by atoms with van der Waals surface area (Å²) in [4.78, 5) is 8.40. The van der Waals surface area contributed by atoms with Gasteiger partial charge in [0.15, 0.2) is 0 Å². The highest BCUT2D eigenvalue weighted by atomic mass is 16.3. The van der Waals surface area contributed by atoms with Gasteiger partial charge in [0, 0.05) is 29.8 Å². The van der Waals surface area contributed by atoms with Crippen LogP contribution < -0.4 is 5.73 Å². The number of hydrogen-bond acceptors (Lipinski definition) is 4. The highest BCUT2D eigenvalue weighted by Crippen LogP contribution is 2.26. The molecule has 0 aliphatic heterocycles. The van der Waals surface area contributed by atoms with Crippen LogP contribution in [0.3, 0.4) is 0 Å². The summed E-state index contributed by atoms with van der Waals surface area (Å²) in [6, 6.07) is 13.4. The third-order valence-corrected chi connectivity index (χ3v) is 3.36. The first-order chi connectivity index (χ1) is 9.75. The van der Waals surface area contributed by atoms with Crippen molar-refractivity contribution < 1.29 is 5.11 Å². The maximum Gasteiger partial charge on any atom is 0.126 e. The molecule has 1 atom stereocenters. The van der Waals surface area contributed by atoms with Crippen molar-refractivity contribution in [1.29, 1.82) is 0 Å². The second kappa shape index (κ2) is 5.27. The number of nitrogens with zero attached hydrogens (tertiary/aromatic N) is 2. The van der Waals surface area contributed by atoms with E-state index in [1.807, 2.05) is 42.5 Å². The molecule has 0 spiro atoms. The van der Waals surface area contributed by atoms with Crippen LogP contribution >= 0.6 is 0 Å². The average Bonchev–Trinajstić information content (AvgIpc) is 2.49. The van der Waals surface area contributed by atoms with Crippen molar-refractivity contribution in [3.63, 3.8) is 0 Å². The lowest BCUT2D eigenvalue weighted by Crippen LogP contribution is -2.06. The molecule has 2 heterocycles. The number of nitrogens with two attached hydrogens (primary N) is 1. The number of aliphatic hydroxyl groups is 1. The van der Waals surface area contributed by atoms with Crippen LogP contribution in [0.1, 0.15) is 17.2 Å². The van der Waals surface area contributed by atoms with Crippen LogP contribution in [0.25, 0.3) is 10.9 Å². The molecule has 4 heteroatoms. The van der Waals surface area contributed by atoms with Crippen LogP contribution in [-0.2, 0) is 6.42 Å². The van der Waals surface area contributed by atoms with E-state index in [0.717, 1.165) is 22.0 Å². The summed E-state index contributed by atoms with van der Waals surface area (Å²) in [5.74, 6) is 0.458. The maximum atomic E-state index is 10.5. The zero-order chi connectivity index (χ0) is 13.9. The fourth-order valence-corrected chi connectivity index (χ4v) is 2.34. The molecule has 20 heavy (non-hydrogen) atoms. The number of para-hydroxylation sites is 1. The fraction of sp³-hybridized carbons (Fsp3) is 0.125. The van der Waals surface area contributed by atoms with E-state index in [0.29, 0.717) is 12.2 Å². The molecule has 0 amide bonds. The largest absolute Gasteiger partial charge is 0.388 e. The Labute approximate surface area is 116 Å². The van der Waals surface area contributed by atoms with Crippen LogP contribution in [0, 0.1) is 0 Å². The Hall–Kier alpha value is -2.46. The highest BCUT2D eigenvalue weighted by molar-refractivity contribution is 5.81. The minimum Gasteiger partial charge on any atom is -0.388 e. The Morgan fingerprint density at radius 1 is 1.00 bits per heavy atom. The lowest BCUT2D eigenvalue weighted by atomic mass is 9.99. The predicted octanol–water partition coefficient (Wildman–Crippen LogP) is 2.49. The van der Waals surface area contributed by atoms with E-state index in [2.05, 4.69) is 9.97 Å². The number of rotatable bonds is 3. The SMILES string of the molecule is Nc1ncccc1CC(O)c1cccc2cccnc12. The number of benzene rings is 1. The first-order valence-corrected chi connectivity index (χ1v) is 6.47. The maximum absolute atomic E-state index is 10.5. The molecular formula is C16H15N3O. The van der Waals surface area contributed by atoms with Crippen LogP contribution in [0.4, 0.5) is 5.82 Å². The number of fused-ring (bicyclic) bond motifs is 1. The number of anilines is 1. The first-order valence-electron chi connectivity index (χ1n) is 6.47. The van der Waals surface area contributed by atoms with Gasteiger partial charge in [-0.15, -0.1) is 0 Å². The van der Waals surface area contributed by atoms with Gasteiger partial charge in [0.05, 0.1) is 11.6 Å². The molecule has 0 aliphatic rings. The summed E-state index contributed by atoms with van der Waals surface area (Å²) < 4.78 is 0. The van der Waals surface area contributed by atoms with Gasteiger partial charge in [-0.3, -0.25) is 4.98 Å². The first kappa shape index (κ1) is 12.6. The van der Waals surface area contributed by atoms with Crippen molar-refractivity contribution >= 4 is 16.7 Å². The third-order valence-electron chi connectivity index (χ3n) is 3.36. The molecule has 0 radical (unpaired) electrons. The van der Waals surface area contributed by atoms with Gasteiger partial charge < -0.3 is 10.8 Å². The van der Waals surface area contributed by atoms with Gasteiger partial charge in [0.2, 0.25) is 0 Å². The molecule has 3 aromatic rings. The molecule has 0 aliphatic carbocycles. The topological polar surface area (TPSA) is 72.0 Å². The average molecular weight is 265 g/mol. The molecule has 0 saturated heterocycles. The number of pyridine rings is 2. The van der Waals surface area contributed by atoms with Crippen molar-refractivity contribution in [3.8, 4) is 0 Å². The van der Waals surface area contributed by atoms with Crippen molar-refractivity contribution in [1.82, 2.24) is 9.97 Å². The molecule has 0 fully saturated rings. The number of aliphatic hydroxyl groups excluding tert-OH is 1. The minimum atomic E-state index is -0.653. The number of nitrogen functional groups attached to an aromatic ring is 1. The smallest absolute Gasteiger partial charge is 0.126 e. The van der Waals surface area contributed by atoms with Gasteiger partial charge in [-0.2, -0.15) is 0 Å². The highest BCUT2D eigenvalue weighted by Gasteiger charge is 2.14. The van der Waals surface area contributed by atoms with E-state index in [9.17, 15) is 5.11 Å². The number of aromatic nitrogens is 2. The Balaban J connectivity index is 1.97. The summed E-state index contributed by atoms with van der Waals surface area (Å²) >= 11 is 0. The summed E-state index contributed by atoms with van der Waals surface area (Å²) in [6.07, 6.45) is 3.15. The fourth-order valence-electron chi connectivity index (χ4n) is 2.34. The van der Waals surface area contributed by atoms with E-state index >= 15 is 0 Å². The van der Waals surface area contributed by atoms with Crippen LogP contribution in [0.15, 0.2) is 54.9 Å². The zero-order valence-electron chi connectivity index (χ0n) is 10.9. The molecule has 3 rings (SSSR count). The van der Waals surface area contributed by atoms with Crippen molar-refractivity contribution in [2.75, 3.05) is 5.73 Å². The second-order valence-corrected chi connectivity index (χ2v) is 4.69. The molecular weight excluding hydrogens is 250 g/mol. The summed E-state index contributed by atoms with van der Waals surface area (Å²) in [5, 5.41) is 11.5. The van der Waals surface area contributed by atoms with Crippen molar-refractivity contribution in [2.24, 2.45) is 0 Å². The van der Waals surface area contributed by atoms with Gasteiger partial charge in [-0.05, 0) is 17.7 Å². The van der Waals surface area contributed by atoms with Crippen LogP contribution in [0.2, 0.25) is 0 Å². The van der Waals surface area contributed by atoms with E-state index in [4.69, 9.17) is 5.73 Å². The van der Waals surface area contributed by atoms with Gasteiger partial charge in [0.25, 0.3) is 0 Å². The van der Waals surface area contributed by atoms with Crippen LogP contribution in [0.5, 0.6) is 0 Å². The molecule has 2 aromatic heterocycles. The summed E-state index contributed by atoms with van der Waals surface area (Å²) in [6.45, 7) is 0. The summed E-state index contributed by atoms with van der Waals surface area (Å²) in [5.41, 5.74) is 8.30. The van der Waals surface area contributed by atoms with Gasteiger partial charge in [0.1, 0.15) is 5.82 Å². The monoisotopic (exact) mass is 265 g/mol. The lowest BCUT2D eigenvalue weighted by Gasteiger charge is -2.14. The van der Waals surface area contributed by atoms with E-state index in [-0.39, 0.29) is 0 Å². The summed E-state index contributed by atoms with van der Waals surface area (Å²) in [7, 11) is 0. The van der Waals surface area contributed by atoms with Crippen molar-refractivity contribution in [2.45, 2.75) is 12.5 Å². The molecule has 3 N–H and O–H groups in total. The van der Waals surface area contributed by atoms with Gasteiger partial charge in [-0.25, -0.2) is 4.98 Å².